The number of aromatic nitrogens is 1. The van der Waals surface area contributed by atoms with E-state index < -0.39 is 0 Å². The Morgan fingerprint density at radius 3 is 2.54 bits per heavy atom. The maximum Gasteiger partial charge on any atom is 0.119 e. The molecule has 1 N–H and O–H groups in total. The van der Waals surface area contributed by atoms with E-state index in [1.165, 1.54) is 5.56 Å². The summed E-state index contributed by atoms with van der Waals surface area (Å²) in [6, 6.07) is 11.8. The molecule has 2 aromatic rings. The Kier molecular flexibility index (Phi) is 5.39. The Morgan fingerprint density at radius 1 is 1.21 bits per heavy atom. The van der Waals surface area contributed by atoms with Gasteiger partial charge in [0.1, 0.15) is 23.3 Å². The van der Waals surface area contributed by atoms with Crippen LogP contribution in [0.4, 0.5) is 0 Å². The fourth-order valence-electron chi connectivity index (χ4n) is 3.05. The van der Waals surface area contributed by atoms with Crippen molar-refractivity contribution in [3.63, 3.8) is 0 Å². The van der Waals surface area contributed by atoms with Crippen molar-refractivity contribution in [2.45, 2.75) is 19.4 Å². The smallest absolute Gasteiger partial charge is 0.119 e. The number of likely N-dealkylation sites (tertiary alicyclic amines) is 1. The number of H-pyrrole nitrogens is 1. The quantitative estimate of drug-likeness (QED) is 0.886. The van der Waals surface area contributed by atoms with Gasteiger partial charge in [-0.25, -0.2) is 0 Å². The van der Waals surface area contributed by atoms with E-state index in [0.717, 1.165) is 50.6 Å². The molecular weight excluding hydrogens is 302 g/mol. The highest BCUT2D eigenvalue weighted by atomic mass is 16.5. The van der Waals surface area contributed by atoms with E-state index in [1.807, 2.05) is 36.5 Å². The van der Waals surface area contributed by atoms with Crippen molar-refractivity contribution in [1.82, 2.24) is 9.88 Å². The van der Waals surface area contributed by atoms with Crippen molar-refractivity contribution in [1.29, 1.82) is 5.26 Å². The molecule has 3 rings (SSSR count). The minimum absolute atomic E-state index is 0.601. The van der Waals surface area contributed by atoms with Crippen LogP contribution >= 0.6 is 0 Å². The normalized spacial score (nSPS) is 15.8. The van der Waals surface area contributed by atoms with Crippen molar-refractivity contribution >= 4 is 0 Å². The number of rotatable bonds is 6. The monoisotopic (exact) mass is 325 g/mol. The first-order chi connectivity index (χ1) is 11.8. The van der Waals surface area contributed by atoms with Crippen molar-refractivity contribution in [2.75, 3.05) is 26.8 Å². The molecule has 0 atom stereocenters. The molecular formula is C19H23N3O2. The third kappa shape index (κ3) is 4.30. The van der Waals surface area contributed by atoms with Gasteiger partial charge in [-0.2, -0.15) is 5.26 Å². The predicted octanol–water partition coefficient (Wildman–Crippen LogP) is 3.19. The number of nitrogens with one attached hydrogen (secondary N) is 1. The molecule has 0 unspecified atom stereocenters. The molecule has 1 aliphatic heterocycles. The molecule has 1 aliphatic rings. The van der Waals surface area contributed by atoms with Gasteiger partial charge in [0.2, 0.25) is 0 Å². The minimum Gasteiger partial charge on any atom is -0.497 e. The van der Waals surface area contributed by atoms with E-state index in [9.17, 15) is 0 Å². The molecule has 0 radical (unpaired) electrons. The average Bonchev–Trinajstić information content (AvgIpc) is 3.09. The summed E-state index contributed by atoms with van der Waals surface area (Å²) >= 11 is 0. The van der Waals surface area contributed by atoms with Crippen LogP contribution in [0.5, 0.6) is 11.5 Å². The fraction of sp³-hybridized carbons (Fsp3) is 0.421. The van der Waals surface area contributed by atoms with Gasteiger partial charge in [-0.05, 0) is 67.7 Å². The Morgan fingerprint density at radius 2 is 1.92 bits per heavy atom. The van der Waals surface area contributed by atoms with Crippen LogP contribution in [-0.2, 0) is 6.54 Å². The van der Waals surface area contributed by atoms with Gasteiger partial charge in [0.05, 0.1) is 13.7 Å². The number of benzene rings is 1. The molecule has 24 heavy (non-hydrogen) atoms. The van der Waals surface area contributed by atoms with Crippen molar-refractivity contribution < 1.29 is 9.47 Å². The number of piperidine rings is 1. The van der Waals surface area contributed by atoms with Crippen LogP contribution in [0.2, 0.25) is 0 Å². The fourth-order valence-corrected chi connectivity index (χ4v) is 3.05. The van der Waals surface area contributed by atoms with Crippen molar-refractivity contribution in [3.8, 4) is 17.6 Å². The van der Waals surface area contributed by atoms with E-state index in [0.29, 0.717) is 11.6 Å². The number of nitriles is 1. The van der Waals surface area contributed by atoms with Crippen LogP contribution in [0, 0.1) is 17.2 Å². The number of aromatic amines is 1. The first-order valence-electron chi connectivity index (χ1n) is 8.33. The first-order valence-corrected chi connectivity index (χ1v) is 8.33. The molecule has 0 saturated carbocycles. The number of hydrogen-bond donors (Lipinski definition) is 1. The number of nitrogens with zero attached hydrogens (tertiary/aromatic N) is 2. The molecule has 5 heteroatoms. The second kappa shape index (κ2) is 7.89. The second-order valence-corrected chi connectivity index (χ2v) is 6.24. The van der Waals surface area contributed by atoms with Crippen molar-refractivity contribution in [2.24, 2.45) is 5.92 Å². The minimum atomic E-state index is 0.601. The molecule has 126 valence electrons. The lowest BCUT2D eigenvalue weighted by Gasteiger charge is -2.31. The van der Waals surface area contributed by atoms with E-state index >= 15 is 0 Å². The van der Waals surface area contributed by atoms with Gasteiger partial charge in [-0.3, -0.25) is 4.90 Å². The van der Waals surface area contributed by atoms with Gasteiger partial charge in [0, 0.05) is 12.7 Å². The van der Waals surface area contributed by atoms with Gasteiger partial charge in [0.25, 0.3) is 0 Å². The Hall–Kier alpha value is -2.45. The number of ether oxygens (including phenoxy) is 2. The topological polar surface area (TPSA) is 61.3 Å². The predicted molar refractivity (Wildman–Crippen MR) is 92.0 cm³/mol. The number of methoxy groups -OCH3 is 1. The zero-order chi connectivity index (χ0) is 16.8. The molecule has 1 aromatic carbocycles. The van der Waals surface area contributed by atoms with Crippen LogP contribution in [-0.4, -0.2) is 36.7 Å². The van der Waals surface area contributed by atoms with Gasteiger partial charge in [-0.15, -0.1) is 0 Å². The maximum atomic E-state index is 8.86. The van der Waals surface area contributed by atoms with Gasteiger partial charge in [0.15, 0.2) is 0 Å². The highest BCUT2D eigenvalue weighted by Crippen LogP contribution is 2.22. The Labute approximate surface area is 142 Å². The summed E-state index contributed by atoms with van der Waals surface area (Å²) in [5, 5.41) is 8.86. The average molecular weight is 325 g/mol. The lowest BCUT2D eigenvalue weighted by atomic mass is 9.97. The molecule has 0 aliphatic carbocycles. The lowest BCUT2D eigenvalue weighted by Crippen LogP contribution is -2.35. The van der Waals surface area contributed by atoms with Crippen LogP contribution in [0.15, 0.2) is 36.5 Å². The van der Waals surface area contributed by atoms with E-state index in [4.69, 9.17) is 14.7 Å². The van der Waals surface area contributed by atoms with Crippen LogP contribution in [0.25, 0.3) is 0 Å². The third-order valence-corrected chi connectivity index (χ3v) is 4.52. The van der Waals surface area contributed by atoms with Crippen LogP contribution in [0.1, 0.15) is 24.1 Å². The summed E-state index contributed by atoms with van der Waals surface area (Å²) in [5.74, 6) is 2.35. The summed E-state index contributed by atoms with van der Waals surface area (Å²) < 4.78 is 11.1. The zero-order valence-corrected chi connectivity index (χ0v) is 14.0. The third-order valence-electron chi connectivity index (χ3n) is 4.52. The summed E-state index contributed by atoms with van der Waals surface area (Å²) in [7, 11) is 1.66. The van der Waals surface area contributed by atoms with Gasteiger partial charge >= 0.3 is 0 Å². The molecule has 0 spiro atoms. The molecule has 1 fully saturated rings. The highest BCUT2D eigenvalue weighted by molar-refractivity contribution is 5.31. The largest absolute Gasteiger partial charge is 0.497 e. The van der Waals surface area contributed by atoms with Gasteiger partial charge in [-0.1, -0.05) is 0 Å². The summed E-state index contributed by atoms with van der Waals surface area (Å²) in [6.07, 6.45) is 4.22. The van der Waals surface area contributed by atoms with E-state index in [-0.39, 0.29) is 0 Å². The van der Waals surface area contributed by atoms with Crippen LogP contribution in [0.3, 0.4) is 0 Å². The molecule has 2 heterocycles. The molecule has 0 bridgehead atoms. The second-order valence-electron chi connectivity index (χ2n) is 6.24. The van der Waals surface area contributed by atoms with Crippen LogP contribution < -0.4 is 9.47 Å². The summed E-state index contributed by atoms with van der Waals surface area (Å²) in [5.41, 5.74) is 1.81. The first kappa shape index (κ1) is 16.4. The Bertz CT molecular complexity index is 679. The van der Waals surface area contributed by atoms with E-state index in [1.54, 1.807) is 7.11 Å². The SMILES string of the molecule is COc1ccc(OCC2CCN(Cc3c[nH]c(C#N)c3)CC2)cc1. The molecule has 1 aromatic heterocycles. The van der Waals surface area contributed by atoms with Gasteiger partial charge < -0.3 is 14.5 Å². The molecule has 0 amide bonds. The number of hydrogen-bond acceptors (Lipinski definition) is 4. The highest BCUT2D eigenvalue weighted by Gasteiger charge is 2.20. The van der Waals surface area contributed by atoms with E-state index in [2.05, 4.69) is 16.0 Å². The lowest BCUT2D eigenvalue weighted by molar-refractivity contribution is 0.136. The van der Waals surface area contributed by atoms with Crippen molar-refractivity contribution in [3.05, 3.63) is 47.8 Å². The molecule has 5 nitrogen and oxygen atoms in total. The standard InChI is InChI=1S/C19H23N3O2/c1-23-18-2-4-19(5-3-18)24-14-15-6-8-22(9-7-15)13-16-10-17(11-20)21-12-16/h2-5,10,12,15,21H,6-9,13-14H2,1H3. The summed E-state index contributed by atoms with van der Waals surface area (Å²) in [6.45, 7) is 3.82. The zero-order valence-electron chi connectivity index (χ0n) is 14.0. The summed E-state index contributed by atoms with van der Waals surface area (Å²) in [4.78, 5) is 5.42. The molecule has 1 saturated heterocycles. The maximum absolute atomic E-state index is 8.86. The Balaban J connectivity index is 1.40.